The molecule has 0 unspecified atom stereocenters. The van der Waals surface area contributed by atoms with E-state index in [-0.39, 0.29) is 5.75 Å². The minimum atomic E-state index is 0.0347. The van der Waals surface area contributed by atoms with E-state index in [1.165, 1.54) is 6.07 Å². The number of fused-ring (bicyclic) bond motifs is 1. The smallest absolute Gasteiger partial charge is 0.153 e. The Hall–Kier alpha value is -2.81. The lowest BCUT2D eigenvalue weighted by atomic mass is 10.1. The average Bonchev–Trinajstić information content (AvgIpc) is 2.49. The first-order chi connectivity index (χ1) is 9.72. The Morgan fingerprint density at radius 1 is 0.700 bits per heavy atom. The molecule has 0 spiro atoms. The molecule has 0 fully saturated rings. The molecule has 100 valence electrons. The summed E-state index contributed by atoms with van der Waals surface area (Å²) in [4.78, 5) is 10.1. The summed E-state index contributed by atoms with van der Waals surface area (Å²) in [6.45, 7) is 0. The Kier molecular flexibility index (Phi) is 4.35. The molecule has 0 radical (unpaired) electrons. The van der Waals surface area contributed by atoms with Crippen LogP contribution in [0, 0.1) is 0 Å². The molecule has 3 aromatic rings. The minimum absolute atomic E-state index is 0.0347. The van der Waals surface area contributed by atoms with E-state index in [4.69, 9.17) is 5.11 Å². The van der Waals surface area contributed by atoms with Gasteiger partial charge in [-0.25, -0.2) is 0 Å². The molecule has 0 amide bonds. The van der Waals surface area contributed by atoms with E-state index in [0.29, 0.717) is 17.6 Å². The maximum Gasteiger partial charge on any atom is 0.153 e. The summed E-state index contributed by atoms with van der Waals surface area (Å²) >= 11 is 0. The van der Waals surface area contributed by atoms with Crippen molar-refractivity contribution >= 4 is 17.1 Å². The molecule has 3 nitrogen and oxygen atoms in total. The number of phenolic OH excluding ortho intramolecular Hbond substituents is 2. The fraction of sp³-hybridized carbons (Fsp3) is 0. The zero-order valence-corrected chi connectivity index (χ0v) is 10.7. The van der Waals surface area contributed by atoms with Crippen LogP contribution >= 0.6 is 0 Å². The maximum absolute atomic E-state index is 10.1. The van der Waals surface area contributed by atoms with Gasteiger partial charge in [-0.2, -0.15) is 0 Å². The van der Waals surface area contributed by atoms with Crippen LogP contribution in [-0.4, -0.2) is 16.5 Å². The monoisotopic (exact) mass is 266 g/mol. The topological polar surface area (TPSA) is 57.5 Å². The molecular weight excluding hydrogens is 252 g/mol. The third-order valence-corrected chi connectivity index (χ3v) is 2.83. The lowest BCUT2D eigenvalue weighted by Crippen LogP contribution is -1.77. The van der Waals surface area contributed by atoms with Gasteiger partial charge in [-0.05, 0) is 23.6 Å². The lowest BCUT2D eigenvalue weighted by Gasteiger charge is -1.97. The quantitative estimate of drug-likeness (QED) is 0.659. The summed E-state index contributed by atoms with van der Waals surface area (Å²) in [5.74, 6) is 0.385. The summed E-state index contributed by atoms with van der Waals surface area (Å²) in [5, 5.41) is 20.2. The van der Waals surface area contributed by atoms with Crippen molar-refractivity contribution in [2.45, 2.75) is 0 Å². The second-order valence-electron chi connectivity index (χ2n) is 4.17. The van der Waals surface area contributed by atoms with Crippen LogP contribution in [-0.2, 0) is 0 Å². The van der Waals surface area contributed by atoms with E-state index in [0.717, 1.165) is 10.8 Å². The van der Waals surface area contributed by atoms with E-state index in [2.05, 4.69) is 0 Å². The fourth-order valence-corrected chi connectivity index (χ4v) is 1.80. The van der Waals surface area contributed by atoms with Crippen molar-refractivity contribution in [3.63, 3.8) is 0 Å². The van der Waals surface area contributed by atoms with Gasteiger partial charge in [0.15, 0.2) is 6.29 Å². The standard InChI is InChI=1S/C10H8O.C7H6O2/c11-10-7-3-5-8-4-1-2-6-9(8)10;8-5-6-3-1-2-4-7(6)9/h1-7,11H;1-5,9H. The van der Waals surface area contributed by atoms with Gasteiger partial charge in [-0.15, -0.1) is 0 Å². The zero-order valence-electron chi connectivity index (χ0n) is 10.7. The van der Waals surface area contributed by atoms with E-state index < -0.39 is 0 Å². The highest BCUT2D eigenvalue weighted by molar-refractivity contribution is 5.87. The van der Waals surface area contributed by atoms with Crippen molar-refractivity contribution in [3.8, 4) is 11.5 Å². The first kappa shape index (κ1) is 13.6. The van der Waals surface area contributed by atoms with Gasteiger partial charge in [0.2, 0.25) is 0 Å². The third-order valence-electron chi connectivity index (χ3n) is 2.83. The van der Waals surface area contributed by atoms with Crippen molar-refractivity contribution < 1.29 is 15.0 Å². The average molecular weight is 266 g/mol. The molecule has 0 aliphatic rings. The molecule has 0 saturated carbocycles. The van der Waals surface area contributed by atoms with Crippen LogP contribution in [0.25, 0.3) is 10.8 Å². The molecule has 20 heavy (non-hydrogen) atoms. The fourth-order valence-electron chi connectivity index (χ4n) is 1.80. The van der Waals surface area contributed by atoms with E-state index in [1.807, 2.05) is 36.4 Å². The number of phenols is 2. The molecule has 3 aromatic carbocycles. The Morgan fingerprint density at radius 3 is 1.95 bits per heavy atom. The van der Waals surface area contributed by atoms with Gasteiger partial charge in [0.1, 0.15) is 11.5 Å². The number of carbonyl (C=O) groups is 1. The van der Waals surface area contributed by atoms with Crippen LogP contribution in [0.1, 0.15) is 10.4 Å². The first-order valence-corrected chi connectivity index (χ1v) is 6.12. The highest BCUT2D eigenvalue weighted by atomic mass is 16.3. The van der Waals surface area contributed by atoms with Crippen molar-refractivity contribution in [2.75, 3.05) is 0 Å². The van der Waals surface area contributed by atoms with Crippen LogP contribution in [0.15, 0.2) is 66.7 Å². The lowest BCUT2D eigenvalue weighted by molar-refractivity contribution is 0.112. The molecule has 0 aliphatic heterocycles. The van der Waals surface area contributed by atoms with E-state index in [9.17, 15) is 9.90 Å². The van der Waals surface area contributed by atoms with E-state index >= 15 is 0 Å². The van der Waals surface area contributed by atoms with Crippen LogP contribution in [0.4, 0.5) is 0 Å². The summed E-state index contributed by atoms with van der Waals surface area (Å²) < 4.78 is 0. The first-order valence-electron chi connectivity index (χ1n) is 6.12. The van der Waals surface area contributed by atoms with E-state index in [1.54, 1.807) is 24.3 Å². The van der Waals surface area contributed by atoms with Gasteiger partial charge in [0.05, 0.1) is 5.56 Å². The molecule has 0 atom stereocenters. The number of hydrogen-bond acceptors (Lipinski definition) is 3. The van der Waals surface area contributed by atoms with Gasteiger partial charge in [-0.3, -0.25) is 4.79 Å². The number of hydrogen-bond donors (Lipinski definition) is 2. The second-order valence-corrected chi connectivity index (χ2v) is 4.17. The molecule has 0 aromatic heterocycles. The number of carbonyl (C=O) groups excluding carboxylic acids is 1. The van der Waals surface area contributed by atoms with Gasteiger partial charge in [0, 0.05) is 5.39 Å². The van der Waals surface area contributed by atoms with Crippen LogP contribution < -0.4 is 0 Å². The highest BCUT2D eigenvalue weighted by Gasteiger charge is 1.94. The van der Waals surface area contributed by atoms with Crippen LogP contribution in [0.2, 0.25) is 0 Å². The van der Waals surface area contributed by atoms with Crippen LogP contribution in [0.3, 0.4) is 0 Å². The number of aldehydes is 1. The summed E-state index contributed by atoms with van der Waals surface area (Å²) in [7, 11) is 0. The number of benzene rings is 3. The molecule has 2 N–H and O–H groups in total. The van der Waals surface area contributed by atoms with Crippen LogP contribution in [0.5, 0.6) is 11.5 Å². The second kappa shape index (κ2) is 6.38. The molecule has 0 heterocycles. The SMILES string of the molecule is O=Cc1ccccc1O.Oc1cccc2ccccc12. The largest absolute Gasteiger partial charge is 0.507 e. The summed E-state index contributed by atoms with van der Waals surface area (Å²) in [6.07, 6.45) is 0.620. The van der Waals surface area contributed by atoms with Gasteiger partial charge >= 0.3 is 0 Å². The van der Waals surface area contributed by atoms with Crippen molar-refractivity contribution in [3.05, 3.63) is 72.3 Å². The predicted octanol–water partition coefficient (Wildman–Crippen LogP) is 3.75. The number of aromatic hydroxyl groups is 2. The van der Waals surface area contributed by atoms with Crippen molar-refractivity contribution in [2.24, 2.45) is 0 Å². The summed E-state index contributed by atoms with van der Waals surface area (Å²) in [5.41, 5.74) is 0.331. The Bertz CT molecular complexity index is 715. The highest BCUT2D eigenvalue weighted by Crippen LogP contribution is 2.22. The molecule has 3 rings (SSSR count). The maximum atomic E-state index is 10.1. The predicted molar refractivity (Wildman–Crippen MR) is 79.1 cm³/mol. The zero-order chi connectivity index (χ0) is 14.4. The van der Waals surface area contributed by atoms with Gasteiger partial charge in [0.25, 0.3) is 0 Å². The molecular formula is C17H14O3. The molecule has 0 saturated heterocycles. The van der Waals surface area contributed by atoms with Gasteiger partial charge in [-0.1, -0.05) is 48.5 Å². The van der Waals surface area contributed by atoms with Gasteiger partial charge < -0.3 is 10.2 Å². The Labute approximate surface area is 116 Å². The normalized spacial score (nSPS) is 9.60. The Morgan fingerprint density at radius 2 is 1.30 bits per heavy atom. The van der Waals surface area contributed by atoms with Crippen molar-refractivity contribution in [1.82, 2.24) is 0 Å². The Balaban J connectivity index is 0.000000151. The number of para-hydroxylation sites is 1. The third kappa shape index (κ3) is 3.14. The molecule has 0 bridgehead atoms. The minimum Gasteiger partial charge on any atom is -0.507 e. The molecule has 3 heteroatoms. The number of rotatable bonds is 1. The van der Waals surface area contributed by atoms with Crippen molar-refractivity contribution in [1.29, 1.82) is 0 Å². The summed E-state index contributed by atoms with van der Waals surface area (Å²) in [6, 6.07) is 19.7. The molecule has 0 aliphatic carbocycles.